The van der Waals surface area contributed by atoms with Gasteiger partial charge in [0.05, 0.1) is 18.1 Å². The van der Waals surface area contributed by atoms with Crippen molar-refractivity contribution >= 4 is 34.6 Å². The molecule has 0 radical (unpaired) electrons. The maximum Gasteiger partial charge on any atom is 0.410 e. The van der Waals surface area contributed by atoms with Crippen molar-refractivity contribution in [2.24, 2.45) is 7.05 Å². The van der Waals surface area contributed by atoms with E-state index in [1.807, 2.05) is 62.8 Å². The molecule has 192 valence electrons. The summed E-state index contributed by atoms with van der Waals surface area (Å²) in [4.78, 5) is 33.6. The number of amides is 1. The molecule has 5 heterocycles. The minimum Gasteiger partial charge on any atom is -0.444 e. The van der Waals surface area contributed by atoms with Gasteiger partial charge in [-0.3, -0.25) is 0 Å². The molecule has 0 aliphatic carbocycles. The van der Waals surface area contributed by atoms with Crippen LogP contribution in [0.25, 0.3) is 22.3 Å². The highest BCUT2D eigenvalue weighted by molar-refractivity contribution is 5.93. The first-order chi connectivity index (χ1) is 17.7. The van der Waals surface area contributed by atoms with Gasteiger partial charge in [0, 0.05) is 56.6 Å². The topological polar surface area (TPSA) is 101 Å². The molecule has 1 N–H and O–H groups in total. The summed E-state index contributed by atoms with van der Waals surface area (Å²) >= 11 is 0. The molecule has 11 heteroatoms. The Kier molecular flexibility index (Phi) is 6.36. The summed E-state index contributed by atoms with van der Waals surface area (Å²) in [5.41, 5.74) is 2.01. The second kappa shape index (κ2) is 9.64. The van der Waals surface area contributed by atoms with Crippen LogP contribution >= 0.6 is 0 Å². The van der Waals surface area contributed by atoms with Crippen LogP contribution in [0.15, 0.2) is 49.1 Å². The highest BCUT2D eigenvalue weighted by Crippen LogP contribution is 2.30. The van der Waals surface area contributed by atoms with E-state index in [4.69, 9.17) is 4.74 Å². The summed E-state index contributed by atoms with van der Waals surface area (Å²) in [6.45, 7) is 8.09. The lowest BCUT2D eigenvalue weighted by atomic mass is 10.1. The number of ether oxygens (including phenoxy) is 1. The highest BCUT2D eigenvalue weighted by Gasteiger charge is 2.26. The summed E-state index contributed by atoms with van der Waals surface area (Å²) in [6.07, 6.45) is 6.13. The van der Waals surface area contributed by atoms with Gasteiger partial charge in [0.15, 0.2) is 5.82 Å². The molecule has 4 aromatic heterocycles. The molecule has 0 bridgehead atoms. The summed E-state index contributed by atoms with van der Waals surface area (Å²) in [7, 11) is 1.86. The van der Waals surface area contributed by atoms with E-state index in [9.17, 15) is 9.18 Å². The first-order valence-corrected chi connectivity index (χ1v) is 12.1. The lowest BCUT2D eigenvalue weighted by Crippen LogP contribution is -2.50. The smallest absolute Gasteiger partial charge is 0.410 e. The second-order valence-electron chi connectivity index (χ2n) is 9.90. The molecular formula is C26H29FN8O2. The maximum atomic E-state index is 14.7. The number of halogens is 1. The van der Waals surface area contributed by atoms with Gasteiger partial charge in [-0.25, -0.2) is 29.1 Å². The molecule has 1 aliphatic heterocycles. The number of aryl methyl sites for hydroxylation is 1. The highest BCUT2D eigenvalue weighted by atomic mass is 19.1. The van der Waals surface area contributed by atoms with Crippen molar-refractivity contribution in [2.45, 2.75) is 26.4 Å². The number of hydrogen-bond acceptors (Lipinski definition) is 8. The fourth-order valence-electron chi connectivity index (χ4n) is 4.25. The van der Waals surface area contributed by atoms with E-state index in [1.54, 1.807) is 17.3 Å². The van der Waals surface area contributed by atoms with E-state index in [-0.39, 0.29) is 17.7 Å². The summed E-state index contributed by atoms with van der Waals surface area (Å²) in [5, 5.41) is 3.87. The van der Waals surface area contributed by atoms with Crippen LogP contribution in [0.1, 0.15) is 20.8 Å². The number of carbonyl (C=O) groups is 1. The average Bonchev–Trinajstić information content (AvgIpc) is 3.21. The average molecular weight is 505 g/mol. The van der Waals surface area contributed by atoms with Crippen LogP contribution in [0.2, 0.25) is 0 Å². The zero-order chi connectivity index (χ0) is 26.2. The van der Waals surface area contributed by atoms with Crippen LogP contribution in [0, 0.1) is 5.82 Å². The number of hydrogen-bond donors (Lipinski definition) is 1. The Labute approximate surface area is 214 Å². The minimum atomic E-state index is -0.518. The van der Waals surface area contributed by atoms with Crippen molar-refractivity contribution in [2.75, 3.05) is 36.4 Å². The SMILES string of the molecule is Cn1cc(-c2nc(Nc3ccc(N4CCN(C(=O)OC(C)(C)C)CC4)cn3)ncc2F)c2cccnc21. The van der Waals surface area contributed by atoms with Gasteiger partial charge in [-0.15, -0.1) is 0 Å². The fourth-order valence-corrected chi connectivity index (χ4v) is 4.25. The van der Waals surface area contributed by atoms with Crippen molar-refractivity contribution in [1.82, 2.24) is 29.4 Å². The van der Waals surface area contributed by atoms with Gasteiger partial charge in [-0.05, 0) is 45.0 Å². The van der Waals surface area contributed by atoms with Crippen molar-refractivity contribution in [3.8, 4) is 11.3 Å². The van der Waals surface area contributed by atoms with Gasteiger partial charge < -0.3 is 24.4 Å². The molecule has 0 unspecified atom stereocenters. The molecule has 1 amide bonds. The molecule has 0 spiro atoms. The zero-order valence-corrected chi connectivity index (χ0v) is 21.3. The predicted molar refractivity (Wildman–Crippen MR) is 139 cm³/mol. The largest absolute Gasteiger partial charge is 0.444 e. The predicted octanol–water partition coefficient (Wildman–Crippen LogP) is 4.37. The Hall–Kier alpha value is -4.28. The number of carbonyl (C=O) groups excluding carboxylic acids is 1. The molecule has 1 aliphatic rings. The number of pyridine rings is 2. The van der Waals surface area contributed by atoms with Crippen LogP contribution in [-0.2, 0) is 11.8 Å². The molecule has 0 aromatic carbocycles. The van der Waals surface area contributed by atoms with E-state index in [0.717, 1.165) is 22.9 Å². The summed E-state index contributed by atoms with van der Waals surface area (Å²) in [5.74, 6) is 0.257. The van der Waals surface area contributed by atoms with E-state index >= 15 is 0 Å². The Morgan fingerprint density at radius 2 is 1.84 bits per heavy atom. The van der Waals surface area contributed by atoms with E-state index in [0.29, 0.717) is 37.6 Å². The molecule has 10 nitrogen and oxygen atoms in total. The van der Waals surface area contributed by atoms with Gasteiger partial charge in [0.1, 0.15) is 22.8 Å². The van der Waals surface area contributed by atoms with Crippen LogP contribution in [0.3, 0.4) is 0 Å². The monoisotopic (exact) mass is 504 g/mol. The number of nitrogens with one attached hydrogen (secondary N) is 1. The molecule has 0 saturated carbocycles. The molecule has 4 aromatic rings. The molecule has 37 heavy (non-hydrogen) atoms. The number of nitrogens with zero attached hydrogens (tertiary/aromatic N) is 7. The number of anilines is 3. The van der Waals surface area contributed by atoms with Crippen molar-refractivity contribution in [3.05, 3.63) is 54.9 Å². The van der Waals surface area contributed by atoms with Crippen LogP contribution in [-0.4, -0.2) is 67.3 Å². The summed E-state index contributed by atoms with van der Waals surface area (Å²) in [6, 6.07) is 7.47. The fraction of sp³-hybridized carbons (Fsp3) is 0.346. The van der Waals surface area contributed by atoms with Crippen LogP contribution in [0.4, 0.5) is 26.6 Å². The number of fused-ring (bicyclic) bond motifs is 1. The Morgan fingerprint density at radius 1 is 1.05 bits per heavy atom. The Morgan fingerprint density at radius 3 is 2.54 bits per heavy atom. The van der Waals surface area contributed by atoms with Gasteiger partial charge in [0.2, 0.25) is 5.95 Å². The lowest BCUT2D eigenvalue weighted by molar-refractivity contribution is 0.0240. The van der Waals surface area contributed by atoms with Gasteiger partial charge >= 0.3 is 6.09 Å². The molecule has 0 atom stereocenters. The number of piperazine rings is 1. The molecule has 5 rings (SSSR count). The zero-order valence-electron chi connectivity index (χ0n) is 21.3. The molecular weight excluding hydrogens is 475 g/mol. The number of rotatable bonds is 4. The number of aromatic nitrogens is 5. The van der Waals surface area contributed by atoms with E-state index in [2.05, 4.69) is 30.2 Å². The third-order valence-electron chi connectivity index (χ3n) is 6.02. The minimum absolute atomic E-state index is 0.190. The van der Waals surface area contributed by atoms with Crippen molar-refractivity contribution in [1.29, 1.82) is 0 Å². The second-order valence-corrected chi connectivity index (χ2v) is 9.90. The van der Waals surface area contributed by atoms with Gasteiger partial charge in [-0.2, -0.15) is 0 Å². The molecule has 1 fully saturated rings. The lowest BCUT2D eigenvalue weighted by Gasteiger charge is -2.36. The van der Waals surface area contributed by atoms with E-state index < -0.39 is 11.4 Å². The van der Waals surface area contributed by atoms with Crippen LogP contribution in [0.5, 0.6) is 0 Å². The maximum absolute atomic E-state index is 14.7. The standard InChI is InChI=1S/C26H29FN8O2/c1-26(2,3)37-25(36)35-12-10-34(11-13-35)17-7-8-21(29-14-17)31-24-30-15-20(27)22(32-24)19-16-33(4)23-18(19)6-5-9-28-23/h5-9,14-16H,10-13H2,1-4H3,(H,29,30,31,32). The van der Waals surface area contributed by atoms with Gasteiger partial charge in [-0.1, -0.05) is 0 Å². The van der Waals surface area contributed by atoms with Crippen LogP contribution < -0.4 is 10.2 Å². The quantitative estimate of drug-likeness (QED) is 0.437. The third kappa shape index (κ3) is 5.30. The van der Waals surface area contributed by atoms with Crippen molar-refractivity contribution < 1.29 is 13.9 Å². The normalized spacial score (nSPS) is 14.2. The third-order valence-corrected chi connectivity index (χ3v) is 6.02. The van der Waals surface area contributed by atoms with E-state index in [1.165, 1.54) is 0 Å². The first-order valence-electron chi connectivity index (χ1n) is 12.1. The Bertz CT molecular complexity index is 1420. The summed E-state index contributed by atoms with van der Waals surface area (Å²) < 4.78 is 22.0. The van der Waals surface area contributed by atoms with Gasteiger partial charge in [0.25, 0.3) is 0 Å². The Balaban J connectivity index is 1.26. The first kappa shape index (κ1) is 24.4. The molecule has 1 saturated heterocycles. The van der Waals surface area contributed by atoms with Crippen molar-refractivity contribution in [3.63, 3.8) is 0 Å².